The normalized spacial score (nSPS) is 11.9. The zero-order valence-corrected chi connectivity index (χ0v) is 15.7. The van der Waals surface area contributed by atoms with E-state index in [4.69, 9.17) is 0 Å². The van der Waals surface area contributed by atoms with Gasteiger partial charge in [-0.1, -0.05) is 19.1 Å². The minimum absolute atomic E-state index is 0.131. The van der Waals surface area contributed by atoms with Crippen LogP contribution in [0.1, 0.15) is 18.2 Å². The van der Waals surface area contributed by atoms with E-state index in [-0.39, 0.29) is 24.3 Å². The largest absolute Gasteiger partial charge is 0.418 e. The molecule has 28 heavy (non-hydrogen) atoms. The fourth-order valence-electron chi connectivity index (χ4n) is 2.71. The van der Waals surface area contributed by atoms with Gasteiger partial charge in [0.1, 0.15) is 0 Å². The van der Waals surface area contributed by atoms with E-state index in [9.17, 15) is 22.8 Å². The molecule has 0 saturated heterocycles. The van der Waals surface area contributed by atoms with Crippen LogP contribution in [0.2, 0.25) is 0 Å². The van der Waals surface area contributed by atoms with E-state index in [0.29, 0.717) is 17.2 Å². The van der Waals surface area contributed by atoms with Crippen molar-refractivity contribution in [3.05, 3.63) is 63.5 Å². The summed E-state index contributed by atoms with van der Waals surface area (Å²) in [7, 11) is 0. The van der Waals surface area contributed by atoms with Gasteiger partial charge < -0.3 is 5.32 Å². The summed E-state index contributed by atoms with van der Waals surface area (Å²) in [4.78, 5) is 31.0. The lowest BCUT2D eigenvalue weighted by Gasteiger charge is -2.20. The molecule has 2 aromatic heterocycles. The Bertz CT molecular complexity index is 1040. The van der Waals surface area contributed by atoms with E-state index in [0.717, 1.165) is 6.07 Å². The Morgan fingerprint density at radius 1 is 1.32 bits per heavy atom. The predicted molar refractivity (Wildman–Crippen MR) is 100 cm³/mol. The fourth-order valence-corrected chi connectivity index (χ4v) is 3.45. The Morgan fingerprint density at radius 2 is 2.07 bits per heavy atom. The number of nitrogens with one attached hydrogen (secondary N) is 1. The number of carbonyl (C=O) groups excluding carboxylic acids is 1. The maximum atomic E-state index is 13.1. The number of fused-ring (bicyclic) bond motifs is 1. The van der Waals surface area contributed by atoms with E-state index in [2.05, 4.69) is 10.3 Å². The van der Waals surface area contributed by atoms with Crippen molar-refractivity contribution in [2.75, 3.05) is 18.4 Å². The van der Waals surface area contributed by atoms with Crippen molar-refractivity contribution >= 4 is 27.9 Å². The fraction of sp³-hybridized carbons (Fsp3) is 0.278. The number of amides is 1. The summed E-state index contributed by atoms with van der Waals surface area (Å²) < 4.78 is 40.6. The molecule has 148 valence electrons. The number of para-hydroxylation sites is 1. The van der Waals surface area contributed by atoms with Gasteiger partial charge in [0, 0.05) is 24.2 Å². The standard InChI is InChI=1S/C18H17F3N4O2S/c1-2-24(10-12-9-16(27)25-7-8-28-17(25)22-12)11-15(26)23-14-6-4-3-5-13(14)18(19,20)21/h3-9H,2,10-11H2,1H3,(H,23,26). The summed E-state index contributed by atoms with van der Waals surface area (Å²) in [6, 6.07) is 6.21. The van der Waals surface area contributed by atoms with Gasteiger partial charge in [0.15, 0.2) is 4.96 Å². The summed E-state index contributed by atoms with van der Waals surface area (Å²) in [5, 5.41) is 4.07. The zero-order valence-electron chi connectivity index (χ0n) is 14.9. The van der Waals surface area contributed by atoms with E-state index < -0.39 is 17.6 Å². The van der Waals surface area contributed by atoms with Gasteiger partial charge in [-0.2, -0.15) is 13.2 Å². The molecule has 1 aromatic carbocycles. The van der Waals surface area contributed by atoms with Crippen molar-refractivity contribution in [2.24, 2.45) is 0 Å². The molecule has 0 aliphatic carbocycles. The number of aromatic nitrogens is 2. The summed E-state index contributed by atoms with van der Waals surface area (Å²) in [5.41, 5.74) is -0.907. The van der Waals surface area contributed by atoms with Gasteiger partial charge in [0.2, 0.25) is 5.91 Å². The Morgan fingerprint density at radius 3 is 2.79 bits per heavy atom. The number of nitrogens with zero attached hydrogens (tertiary/aromatic N) is 3. The van der Waals surface area contributed by atoms with Crippen LogP contribution in [0, 0.1) is 0 Å². The topological polar surface area (TPSA) is 66.7 Å². The highest BCUT2D eigenvalue weighted by atomic mass is 32.1. The van der Waals surface area contributed by atoms with Crippen LogP contribution >= 0.6 is 11.3 Å². The molecule has 0 bridgehead atoms. The molecular formula is C18H17F3N4O2S. The van der Waals surface area contributed by atoms with Crippen LogP contribution in [-0.2, 0) is 17.5 Å². The number of rotatable bonds is 6. The van der Waals surface area contributed by atoms with Crippen molar-refractivity contribution in [1.29, 1.82) is 0 Å². The maximum Gasteiger partial charge on any atom is 0.418 e. The Balaban J connectivity index is 1.71. The minimum atomic E-state index is -4.56. The Hall–Kier alpha value is -2.72. The quantitative estimate of drug-likeness (QED) is 0.678. The van der Waals surface area contributed by atoms with E-state index in [1.807, 2.05) is 6.92 Å². The second-order valence-corrected chi connectivity index (χ2v) is 6.91. The van der Waals surface area contributed by atoms with Crippen LogP contribution in [0.15, 0.2) is 46.7 Å². The first-order valence-electron chi connectivity index (χ1n) is 8.42. The monoisotopic (exact) mass is 410 g/mol. The number of hydrogen-bond donors (Lipinski definition) is 1. The van der Waals surface area contributed by atoms with Crippen molar-refractivity contribution in [3.8, 4) is 0 Å². The predicted octanol–water partition coefficient (Wildman–Crippen LogP) is 3.24. The van der Waals surface area contributed by atoms with E-state index >= 15 is 0 Å². The molecule has 10 heteroatoms. The second-order valence-electron chi connectivity index (χ2n) is 6.04. The van der Waals surface area contributed by atoms with Crippen LogP contribution in [0.5, 0.6) is 0 Å². The van der Waals surface area contributed by atoms with Crippen LogP contribution in [0.3, 0.4) is 0 Å². The van der Waals surface area contributed by atoms with Gasteiger partial charge in [-0.05, 0) is 18.7 Å². The second kappa shape index (κ2) is 8.11. The molecule has 1 N–H and O–H groups in total. The minimum Gasteiger partial charge on any atom is -0.324 e. The molecular weight excluding hydrogens is 393 g/mol. The first-order valence-corrected chi connectivity index (χ1v) is 9.30. The van der Waals surface area contributed by atoms with Gasteiger partial charge in [0.25, 0.3) is 5.56 Å². The average Bonchev–Trinajstić information content (AvgIpc) is 3.09. The highest BCUT2D eigenvalue weighted by Gasteiger charge is 2.33. The smallest absolute Gasteiger partial charge is 0.324 e. The van der Waals surface area contributed by atoms with Crippen molar-refractivity contribution in [2.45, 2.75) is 19.6 Å². The van der Waals surface area contributed by atoms with Gasteiger partial charge in [-0.3, -0.25) is 18.9 Å². The lowest BCUT2D eigenvalue weighted by molar-refractivity contribution is -0.137. The molecule has 6 nitrogen and oxygen atoms in total. The summed E-state index contributed by atoms with van der Waals surface area (Å²) in [5.74, 6) is -0.576. The Kier molecular flexibility index (Phi) is 5.80. The first-order chi connectivity index (χ1) is 13.3. The molecule has 0 unspecified atom stereocenters. The van der Waals surface area contributed by atoms with Gasteiger partial charge in [-0.25, -0.2) is 4.98 Å². The number of likely N-dealkylation sites (N-methyl/N-ethyl adjacent to an activating group) is 1. The van der Waals surface area contributed by atoms with Crippen LogP contribution in [-0.4, -0.2) is 33.3 Å². The molecule has 0 fully saturated rings. The number of carbonyl (C=O) groups is 1. The SMILES string of the molecule is CCN(CC(=O)Nc1ccccc1C(F)(F)F)Cc1cc(=O)n2ccsc2n1. The number of hydrogen-bond acceptors (Lipinski definition) is 5. The number of thiazole rings is 1. The van der Waals surface area contributed by atoms with E-state index in [1.54, 1.807) is 16.5 Å². The highest BCUT2D eigenvalue weighted by molar-refractivity contribution is 7.15. The molecule has 0 aliphatic heterocycles. The third-order valence-corrected chi connectivity index (χ3v) is 4.82. The van der Waals surface area contributed by atoms with Crippen LogP contribution < -0.4 is 10.9 Å². The Labute approximate surface area is 162 Å². The molecule has 3 aromatic rings. The van der Waals surface area contributed by atoms with Crippen molar-refractivity contribution < 1.29 is 18.0 Å². The average molecular weight is 410 g/mol. The highest BCUT2D eigenvalue weighted by Crippen LogP contribution is 2.34. The van der Waals surface area contributed by atoms with Crippen molar-refractivity contribution in [3.63, 3.8) is 0 Å². The third-order valence-electron chi connectivity index (χ3n) is 4.06. The number of anilines is 1. The lowest BCUT2D eigenvalue weighted by Crippen LogP contribution is -2.33. The molecule has 3 rings (SSSR count). The lowest BCUT2D eigenvalue weighted by atomic mass is 10.1. The maximum absolute atomic E-state index is 13.1. The number of halogens is 3. The van der Waals surface area contributed by atoms with E-state index in [1.165, 1.54) is 40.0 Å². The number of benzene rings is 1. The first kappa shape index (κ1) is 20.0. The zero-order chi connectivity index (χ0) is 20.3. The molecule has 0 atom stereocenters. The summed E-state index contributed by atoms with van der Waals surface area (Å²) in [6.07, 6.45) is -2.93. The molecule has 2 heterocycles. The molecule has 0 saturated carbocycles. The number of alkyl halides is 3. The third kappa shape index (κ3) is 4.57. The molecule has 1 amide bonds. The van der Waals surface area contributed by atoms with Gasteiger partial charge >= 0.3 is 6.18 Å². The summed E-state index contributed by atoms with van der Waals surface area (Å²) >= 11 is 1.32. The summed E-state index contributed by atoms with van der Waals surface area (Å²) in [6.45, 7) is 2.37. The molecule has 0 radical (unpaired) electrons. The molecule has 0 aliphatic rings. The van der Waals surface area contributed by atoms with Gasteiger partial charge in [-0.15, -0.1) is 11.3 Å². The van der Waals surface area contributed by atoms with Gasteiger partial charge in [0.05, 0.1) is 23.5 Å². The van der Waals surface area contributed by atoms with Crippen LogP contribution in [0.4, 0.5) is 18.9 Å². The van der Waals surface area contributed by atoms with Crippen LogP contribution in [0.25, 0.3) is 4.96 Å². The van der Waals surface area contributed by atoms with Crippen molar-refractivity contribution in [1.82, 2.24) is 14.3 Å². The molecule has 0 spiro atoms.